The summed E-state index contributed by atoms with van der Waals surface area (Å²) in [4.78, 5) is 32.9. The van der Waals surface area contributed by atoms with Gasteiger partial charge in [0.2, 0.25) is 5.91 Å². The van der Waals surface area contributed by atoms with Crippen molar-refractivity contribution in [3.63, 3.8) is 0 Å². The van der Waals surface area contributed by atoms with Crippen LogP contribution in [-0.2, 0) is 4.79 Å². The van der Waals surface area contributed by atoms with Gasteiger partial charge in [-0.2, -0.15) is 0 Å². The first-order valence-electron chi connectivity index (χ1n) is 10.7. The maximum atomic E-state index is 13.6. The molecule has 0 saturated heterocycles. The smallest absolute Gasteiger partial charge is 0.294 e. The second-order valence-corrected chi connectivity index (χ2v) is 8.17. The number of carbonyl (C=O) groups is 2. The van der Waals surface area contributed by atoms with Gasteiger partial charge in [0.05, 0.1) is 6.26 Å². The molecule has 2 aromatic heterocycles. The minimum atomic E-state index is -0.845. The van der Waals surface area contributed by atoms with E-state index >= 15 is 0 Å². The Morgan fingerprint density at radius 2 is 1.74 bits per heavy atom. The van der Waals surface area contributed by atoms with Gasteiger partial charge in [-0.05, 0) is 79.8 Å². The van der Waals surface area contributed by atoms with E-state index in [9.17, 15) is 9.59 Å². The van der Waals surface area contributed by atoms with Crippen LogP contribution in [0.1, 0.15) is 59.0 Å². The summed E-state index contributed by atoms with van der Waals surface area (Å²) < 4.78 is 5.42. The zero-order valence-corrected chi connectivity index (χ0v) is 17.9. The van der Waals surface area contributed by atoms with Crippen molar-refractivity contribution in [2.24, 2.45) is 0 Å². The van der Waals surface area contributed by atoms with Gasteiger partial charge >= 0.3 is 0 Å². The van der Waals surface area contributed by atoms with Crippen molar-refractivity contribution >= 4 is 17.5 Å². The number of carbonyl (C=O) groups excluding carboxylic acids is 2. The number of aryl methyl sites for hydroxylation is 2. The van der Waals surface area contributed by atoms with Gasteiger partial charge in [0.1, 0.15) is 6.04 Å². The number of benzene rings is 1. The number of hydrogen-bond donors (Lipinski definition) is 1. The summed E-state index contributed by atoms with van der Waals surface area (Å²) in [5.41, 5.74) is 3.38. The van der Waals surface area contributed by atoms with E-state index in [1.54, 1.807) is 41.6 Å². The highest BCUT2D eigenvalue weighted by Gasteiger charge is 2.35. The average molecular weight is 418 g/mol. The van der Waals surface area contributed by atoms with E-state index in [1.807, 2.05) is 32.0 Å². The van der Waals surface area contributed by atoms with Crippen molar-refractivity contribution < 1.29 is 14.0 Å². The quantitative estimate of drug-likeness (QED) is 0.629. The number of nitrogens with one attached hydrogen (secondary N) is 1. The number of aromatic nitrogens is 1. The number of amides is 2. The molecule has 6 heteroatoms. The maximum absolute atomic E-state index is 13.6. The van der Waals surface area contributed by atoms with Gasteiger partial charge in [-0.3, -0.25) is 19.5 Å². The van der Waals surface area contributed by atoms with E-state index in [2.05, 4.69) is 10.3 Å². The number of nitrogens with zero attached hydrogens (tertiary/aromatic N) is 2. The molecule has 2 amide bonds. The Hall–Kier alpha value is -3.41. The van der Waals surface area contributed by atoms with Crippen LogP contribution in [0, 0.1) is 13.8 Å². The number of rotatable bonds is 6. The molecule has 1 aliphatic carbocycles. The first-order valence-corrected chi connectivity index (χ1v) is 10.7. The molecule has 3 aromatic rings. The second kappa shape index (κ2) is 9.16. The normalized spacial score (nSPS) is 14.9. The molecule has 160 valence electrons. The maximum Gasteiger partial charge on any atom is 0.294 e. The van der Waals surface area contributed by atoms with Crippen molar-refractivity contribution in [2.45, 2.75) is 51.6 Å². The molecule has 0 bridgehead atoms. The predicted octanol–water partition coefficient (Wildman–Crippen LogP) is 4.74. The van der Waals surface area contributed by atoms with Crippen LogP contribution in [0.25, 0.3) is 0 Å². The summed E-state index contributed by atoms with van der Waals surface area (Å²) in [7, 11) is 0. The lowest BCUT2D eigenvalue weighted by Gasteiger charge is -2.32. The lowest BCUT2D eigenvalue weighted by atomic mass is 10.0. The molecule has 1 aliphatic rings. The third-order valence-corrected chi connectivity index (χ3v) is 5.67. The summed E-state index contributed by atoms with van der Waals surface area (Å²) in [6.45, 7) is 3.96. The molecule has 2 heterocycles. The number of furan rings is 1. The monoisotopic (exact) mass is 417 g/mol. The molecule has 4 rings (SSSR count). The molecule has 1 saturated carbocycles. The fourth-order valence-electron chi connectivity index (χ4n) is 4.31. The zero-order chi connectivity index (χ0) is 21.8. The molecule has 0 unspecified atom stereocenters. The summed E-state index contributed by atoms with van der Waals surface area (Å²) in [5.74, 6) is -0.373. The van der Waals surface area contributed by atoms with Crippen molar-refractivity contribution in [3.05, 3.63) is 83.6 Å². The molecule has 0 aliphatic heterocycles. The third kappa shape index (κ3) is 4.68. The van der Waals surface area contributed by atoms with Crippen molar-refractivity contribution in [3.8, 4) is 0 Å². The summed E-state index contributed by atoms with van der Waals surface area (Å²) in [6.07, 6.45) is 8.89. The van der Waals surface area contributed by atoms with Gasteiger partial charge in [0, 0.05) is 24.1 Å². The van der Waals surface area contributed by atoms with Gasteiger partial charge in [0.25, 0.3) is 5.91 Å². The van der Waals surface area contributed by atoms with Gasteiger partial charge < -0.3 is 9.73 Å². The van der Waals surface area contributed by atoms with Crippen LogP contribution >= 0.6 is 0 Å². The van der Waals surface area contributed by atoms with Gasteiger partial charge in [-0.25, -0.2) is 0 Å². The predicted molar refractivity (Wildman–Crippen MR) is 119 cm³/mol. The van der Waals surface area contributed by atoms with E-state index in [-0.39, 0.29) is 23.6 Å². The topological polar surface area (TPSA) is 75.4 Å². The number of hydrogen-bond acceptors (Lipinski definition) is 4. The first-order chi connectivity index (χ1) is 15.0. The Kier molecular flexibility index (Phi) is 6.16. The Labute approximate surface area is 182 Å². The highest BCUT2D eigenvalue weighted by atomic mass is 16.3. The minimum absolute atomic E-state index is 0.136. The molecule has 0 radical (unpaired) electrons. The van der Waals surface area contributed by atoms with E-state index in [1.165, 1.54) is 6.26 Å². The van der Waals surface area contributed by atoms with Crippen molar-refractivity contribution in [1.29, 1.82) is 0 Å². The molecule has 1 atom stereocenters. The fraction of sp³-hybridized carbons (Fsp3) is 0.320. The average Bonchev–Trinajstić information content (AvgIpc) is 3.45. The Morgan fingerprint density at radius 1 is 1.06 bits per heavy atom. The summed E-state index contributed by atoms with van der Waals surface area (Å²) >= 11 is 0. The molecule has 1 aromatic carbocycles. The van der Waals surface area contributed by atoms with Crippen LogP contribution in [-0.4, -0.2) is 22.8 Å². The van der Waals surface area contributed by atoms with Crippen molar-refractivity contribution in [2.75, 3.05) is 4.90 Å². The number of anilines is 1. The Morgan fingerprint density at radius 3 is 2.35 bits per heavy atom. The van der Waals surface area contributed by atoms with E-state index < -0.39 is 6.04 Å². The second-order valence-electron chi connectivity index (χ2n) is 8.17. The van der Waals surface area contributed by atoms with Crippen molar-refractivity contribution in [1.82, 2.24) is 10.3 Å². The van der Waals surface area contributed by atoms with Crippen LogP contribution in [0.15, 0.2) is 65.5 Å². The lowest BCUT2D eigenvalue weighted by Crippen LogP contribution is -2.46. The van der Waals surface area contributed by atoms with Crippen LogP contribution < -0.4 is 10.2 Å². The SMILES string of the molecule is Cc1cc(C)cc(N(C(=O)c2ccco2)[C@H](C(=O)NC2CCCC2)c2ccncc2)c1. The number of pyridine rings is 1. The first kappa shape index (κ1) is 20.8. The van der Waals surface area contributed by atoms with E-state index in [0.717, 1.165) is 36.8 Å². The third-order valence-electron chi connectivity index (χ3n) is 5.67. The van der Waals surface area contributed by atoms with Crippen LogP contribution in [0.2, 0.25) is 0 Å². The molecule has 0 spiro atoms. The Bertz CT molecular complexity index is 1020. The largest absolute Gasteiger partial charge is 0.459 e. The van der Waals surface area contributed by atoms with Crippen LogP contribution in [0.3, 0.4) is 0 Å². The van der Waals surface area contributed by atoms with E-state index in [0.29, 0.717) is 11.3 Å². The van der Waals surface area contributed by atoms with Gasteiger partial charge in [-0.1, -0.05) is 18.9 Å². The van der Waals surface area contributed by atoms with E-state index in [4.69, 9.17) is 4.42 Å². The van der Waals surface area contributed by atoms with Crippen LogP contribution in [0.4, 0.5) is 5.69 Å². The van der Waals surface area contributed by atoms with Gasteiger partial charge in [-0.15, -0.1) is 0 Å². The molecule has 31 heavy (non-hydrogen) atoms. The van der Waals surface area contributed by atoms with Crippen LogP contribution in [0.5, 0.6) is 0 Å². The highest BCUT2D eigenvalue weighted by Crippen LogP contribution is 2.32. The Balaban J connectivity index is 1.82. The summed E-state index contributed by atoms with van der Waals surface area (Å²) in [6, 6.07) is 12.0. The molecular formula is C25H27N3O3. The molecule has 1 N–H and O–H groups in total. The minimum Gasteiger partial charge on any atom is -0.459 e. The molecule has 6 nitrogen and oxygen atoms in total. The zero-order valence-electron chi connectivity index (χ0n) is 17.9. The molecule has 1 fully saturated rings. The highest BCUT2D eigenvalue weighted by molar-refractivity contribution is 6.08. The molecular weight excluding hydrogens is 390 g/mol. The standard InChI is InChI=1S/C25H27N3O3/c1-17-14-18(2)16-21(15-17)28(25(30)22-8-5-13-31-22)23(19-9-11-26-12-10-19)24(29)27-20-6-3-4-7-20/h5,8-16,20,23H,3-4,6-7H2,1-2H3,(H,27,29)/t23-/m0/s1. The van der Waals surface area contributed by atoms with Gasteiger partial charge in [0.15, 0.2) is 5.76 Å². The fourth-order valence-corrected chi connectivity index (χ4v) is 4.31. The summed E-state index contributed by atoms with van der Waals surface area (Å²) in [5, 5.41) is 3.17. The lowest BCUT2D eigenvalue weighted by molar-refractivity contribution is -0.123.